The van der Waals surface area contributed by atoms with Crippen molar-refractivity contribution in [3.63, 3.8) is 0 Å². The molecule has 5 nitrogen and oxygen atoms in total. The second-order valence-corrected chi connectivity index (χ2v) is 4.22. The van der Waals surface area contributed by atoms with Crippen LogP contribution in [0.2, 0.25) is 0 Å². The molecule has 1 fully saturated rings. The topological polar surface area (TPSA) is 71.5 Å². The molecule has 0 bridgehead atoms. The third-order valence-electron chi connectivity index (χ3n) is 2.91. The van der Waals surface area contributed by atoms with Gasteiger partial charge >= 0.3 is 5.97 Å². The van der Waals surface area contributed by atoms with Crippen LogP contribution in [-0.2, 0) is 4.74 Å². The van der Waals surface area contributed by atoms with E-state index in [4.69, 9.17) is 9.84 Å². The zero-order chi connectivity index (χ0) is 12.3. The lowest BCUT2D eigenvalue weighted by molar-refractivity contribution is 0.0697. The molecule has 1 aliphatic heterocycles. The fourth-order valence-electron chi connectivity index (χ4n) is 1.97. The van der Waals surface area contributed by atoms with Crippen molar-refractivity contribution in [2.24, 2.45) is 0 Å². The Morgan fingerprint density at radius 1 is 1.71 bits per heavy atom. The average molecular weight is 236 g/mol. The molecular formula is C12H16N2O3. The van der Waals surface area contributed by atoms with Crippen molar-refractivity contribution in [3.05, 3.63) is 23.9 Å². The van der Waals surface area contributed by atoms with Gasteiger partial charge in [-0.2, -0.15) is 0 Å². The van der Waals surface area contributed by atoms with Crippen molar-refractivity contribution in [2.45, 2.75) is 31.9 Å². The molecule has 17 heavy (non-hydrogen) atoms. The van der Waals surface area contributed by atoms with Gasteiger partial charge in [-0.15, -0.1) is 0 Å². The Morgan fingerprint density at radius 2 is 2.53 bits per heavy atom. The third kappa shape index (κ3) is 2.94. The number of pyridine rings is 1. The predicted molar refractivity (Wildman–Crippen MR) is 63.3 cm³/mol. The summed E-state index contributed by atoms with van der Waals surface area (Å²) in [7, 11) is 0. The third-order valence-corrected chi connectivity index (χ3v) is 2.91. The Kier molecular flexibility index (Phi) is 3.58. The molecule has 0 amide bonds. The maximum Gasteiger partial charge on any atom is 0.335 e. The van der Waals surface area contributed by atoms with Crippen molar-refractivity contribution in [2.75, 3.05) is 11.9 Å². The number of hydrogen-bond acceptors (Lipinski definition) is 4. The number of hydrogen-bond donors (Lipinski definition) is 2. The summed E-state index contributed by atoms with van der Waals surface area (Å²) in [5.74, 6) is -0.367. The van der Waals surface area contributed by atoms with Crippen LogP contribution < -0.4 is 5.32 Å². The molecule has 1 saturated heterocycles. The van der Waals surface area contributed by atoms with Gasteiger partial charge in [0.15, 0.2) is 0 Å². The lowest BCUT2D eigenvalue weighted by Gasteiger charge is -2.20. The first-order chi connectivity index (χ1) is 8.16. The molecule has 0 spiro atoms. The van der Waals surface area contributed by atoms with Crippen molar-refractivity contribution in [1.82, 2.24) is 4.98 Å². The molecule has 1 aliphatic rings. The molecule has 2 rings (SSSR count). The number of carboxylic acids is 1. The van der Waals surface area contributed by atoms with E-state index in [0.29, 0.717) is 5.82 Å². The molecule has 0 saturated carbocycles. The molecule has 0 aliphatic carbocycles. The van der Waals surface area contributed by atoms with Crippen molar-refractivity contribution in [3.8, 4) is 0 Å². The van der Waals surface area contributed by atoms with Crippen LogP contribution in [0.3, 0.4) is 0 Å². The number of aromatic carboxylic acids is 1. The van der Waals surface area contributed by atoms with Crippen LogP contribution in [0.15, 0.2) is 18.3 Å². The highest BCUT2D eigenvalue weighted by Crippen LogP contribution is 2.18. The maximum atomic E-state index is 10.8. The van der Waals surface area contributed by atoms with Gasteiger partial charge < -0.3 is 15.2 Å². The zero-order valence-corrected chi connectivity index (χ0v) is 9.72. The lowest BCUT2D eigenvalue weighted by Crippen LogP contribution is -2.30. The van der Waals surface area contributed by atoms with Gasteiger partial charge in [0.05, 0.1) is 17.7 Å². The summed E-state index contributed by atoms with van der Waals surface area (Å²) >= 11 is 0. The van der Waals surface area contributed by atoms with Crippen molar-refractivity contribution < 1.29 is 14.6 Å². The number of nitrogens with one attached hydrogen (secondary N) is 1. The highest BCUT2D eigenvalue weighted by atomic mass is 16.5. The molecule has 5 heteroatoms. The first kappa shape index (κ1) is 11.9. The lowest BCUT2D eigenvalue weighted by atomic mass is 10.1. The summed E-state index contributed by atoms with van der Waals surface area (Å²) in [5, 5.41) is 12.1. The van der Waals surface area contributed by atoms with Crippen LogP contribution in [0.5, 0.6) is 0 Å². The Hall–Kier alpha value is -1.62. The van der Waals surface area contributed by atoms with Gasteiger partial charge in [-0.3, -0.25) is 0 Å². The second-order valence-electron chi connectivity index (χ2n) is 4.22. The average Bonchev–Trinajstić information content (AvgIpc) is 2.82. The highest BCUT2D eigenvalue weighted by molar-refractivity contribution is 5.88. The largest absolute Gasteiger partial charge is 0.478 e. The predicted octanol–water partition coefficient (Wildman–Crippen LogP) is 1.76. The first-order valence-corrected chi connectivity index (χ1v) is 5.74. The number of nitrogens with zero attached hydrogens (tertiary/aromatic N) is 1. The fourth-order valence-corrected chi connectivity index (χ4v) is 1.97. The maximum absolute atomic E-state index is 10.8. The van der Waals surface area contributed by atoms with Crippen LogP contribution >= 0.6 is 0 Å². The molecule has 0 aromatic carbocycles. The molecular weight excluding hydrogens is 220 g/mol. The van der Waals surface area contributed by atoms with E-state index in [-0.39, 0.29) is 17.7 Å². The minimum absolute atomic E-state index is 0.133. The van der Waals surface area contributed by atoms with Crippen molar-refractivity contribution >= 4 is 11.8 Å². The number of aromatic nitrogens is 1. The fraction of sp³-hybridized carbons (Fsp3) is 0.500. The molecule has 0 radical (unpaired) electrons. The van der Waals surface area contributed by atoms with Gasteiger partial charge in [0.25, 0.3) is 0 Å². The van der Waals surface area contributed by atoms with Gasteiger partial charge in [0.1, 0.15) is 5.82 Å². The molecule has 2 unspecified atom stereocenters. The summed E-state index contributed by atoms with van der Waals surface area (Å²) < 4.78 is 5.56. The molecule has 2 atom stereocenters. The summed E-state index contributed by atoms with van der Waals surface area (Å²) in [6, 6.07) is 3.15. The number of ether oxygens (including phenoxy) is 1. The number of carboxylic acid groups (broad SMARTS) is 1. The van der Waals surface area contributed by atoms with E-state index in [1.807, 2.05) is 6.92 Å². The Labute approximate surface area is 99.8 Å². The molecule has 1 aromatic heterocycles. The quantitative estimate of drug-likeness (QED) is 0.833. The summed E-state index contributed by atoms with van der Waals surface area (Å²) in [6.07, 6.45) is 3.80. The Balaban J connectivity index is 2.02. The molecule has 2 heterocycles. The normalized spacial score (nSPS) is 21.1. The summed E-state index contributed by atoms with van der Waals surface area (Å²) in [4.78, 5) is 14.9. The van der Waals surface area contributed by atoms with Crippen LogP contribution in [-0.4, -0.2) is 34.8 Å². The van der Waals surface area contributed by atoms with Gasteiger partial charge in [-0.1, -0.05) is 0 Å². The Morgan fingerprint density at radius 3 is 3.18 bits per heavy atom. The van der Waals surface area contributed by atoms with E-state index in [1.165, 1.54) is 18.3 Å². The number of carbonyl (C=O) groups is 1. The van der Waals surface area contributed by atoms with E-state index in [0.717, 1.165) is 19.4 Å². The molecule has 2 N–H and O–H groups in total. The van der Waals surface area contributed by atoms with Gasteiger partial charge in [0, 0.05) is 12.8 Å². The minimum atomic E-state index is -0.944. The number of rotatable bonds is 4. The van der Waals surface area contributed by atoms with E-state index < -0.39 is 5.97 Å². The standard InChI is InChI=1S/C12H16N2O3/c1-8(10-3-2-6-17-10)14-11-7-9(12(15)16)4-5-13-11/h4-5,7-8,10H,2-3,6H2,1H3,(H,13,14)(H,15,16). The van der Waals surface area contributed by atoms with Crippen LogP contribution in [0.25, 0.3) is 0 Å². The van der Waals surface area contributed by atoms with Gasteiger partial charge in [0.2, 0.25) is 0 Å². The first-order valence-electron chi connectivity index (χ1n) is 5.74. The smallest absolute Gasteiger partial charge is 0.335 e. The van der Waals surface area contributed by atoms with Crippen molar-refractivity contribution in [1.29, 1.82) is 0 Å². The van der Waals surface area contributed by atoms with Crippen LogP contribution in [0, 0.1) is 0 Å². The van der Waals surface area contributed by atoms with Crippen LogP contribution in [0.1, 0.15) is 30.1 Å². The minimum Gasteiger partial charge on any atom is -0.478 e. The van der Waals surface area contributed by atoms with Crippen LogP contribution in [0.4, 0.5) is 5.82 Å². The van der Waals surface area contributed by atoms with E-state index >= 15 is 0 Å². The summed E-state index contributed by atoms with van der Waals surface area (Å²) in [5.41, 5.74) is 0.238. The monoisotopic (exact) mass is 236 g/mol. The SMILES string of the molecule is CC(Nc1cc(C(=O)O)ccn1)C1CCCO1. The van der Waals surface area contributed by atoms with E-state index in [9.17, 15) is 4.79 Å². The Bertz CT molecular complexity index is 402. The number of anilines is 1. The van der Waals surface area contributed by atoms with E-state index in [1.54, 1.807) is 0 Å². The molecule has 1 aromatic rings. The van der Waals surface area contributed by atoms with Gasteiger partial charge in [-0.05, 0) is 31.9 Å². The zero-order valence-electron chi connectivity index (χ0n) is 9.72. The van der Waals surface area contributed by atoms with E-state index in [2.05, 4.69) is 10.3 Å². The second kappa shape index (κ2) is 5.14. The van der Waals surface area contributed by atoms with Gasteiger partial charge in [-0.25, -0.2) is 9.78 Å². The highest BCUT2D eigenvalue weighted by Gasteiger charge is 2.22. The molecule has 92 valence electrons. The summed E-state index contributed by atoms with van der Waals surface area (Å²) in [6.45, 7) is 2.82.